The van der Waals surface area contributed by atoms with E-state index in [9.17, 15) is 4.79 Å². The Morgan fingerprint density at radius 3 is 3.19 bits per heavy atom. The van der Waals surface area contributed by atoms with Gasteiger partial charge in [-0.2, -0.15) is 0 Å². The first-order valence-electron chi connectivity index (χ1n) is 5.30. The van der Waals surface area contributed by atoms with E-state index in [0.717, 1.165) is 17.5 Å². The number of rotatable bonds is 3. The Kier molecular flexibility index (Phi) is 3.46. The predicted octanol–water partition coefficient (Wildman–Crippen LogP) is 3.21. The van der Waals surface area contributed by atoms with Gasteiger partial charge in [-0.3, -0.25) is 4.79 Å². The highest BCUT2D eigenvalue weighted by Crippen LogP contribution is 2.33. The summed E-state index contributed by atoms with van der Waals surface area (Å²) >= 11 is 5.86. The van der Waals surface area contributed by atoms with Gasteiger partial charge in [0.15, 0.2) is 0 Å². The van der Waals surface area contributed by atoms with Crippen molar-refractivity contribution in [3.05, 3.63) is 34.3 Å². The number of hydrogen-bond donors (Lipinski definition) is 0. The SMILES string of the molecule is CCCC(=O)OC1OCc2cc(Cl)ccc21. The summed E-state index contributed by atoms with van der Waals surface area (Å²) in [6.45, 7) is 2.38. The Morgan fingerprint density at radius 1 is 1.62 bits per heavy atom. The molecule has 0 N–H and O–H groups in total. The molecule has 1 aromatic carbocycles. The second-order valence-electron chi connectivity index (χ2n) is 3.73. The molecule has 0 fully saturated rings. The van der Waals surface area contributed by atoms with Gasteiger partial charge in [0.1, 0.15) is 0 Å². The first-order valence-corrected chi connectivity index (χ1v) is 5.68. The van der Waals surface area contributed by atoms with Gasteiger partial charge in [0.05, 0.1) is 6.61 Å². The zero-order valence-electron chi connectivity index (χ0n) is 9.03. The van der Waals surface area contributed by atoms with Crippen LogP contribution in [0, 0.1) is 0 Å². The van der Waals surface area contributed by atoms with Crippen LogP contribution in [0.4, 0.5) is 0 Å². The van der Waals surface area contributed by atoms with Gasteiger partial charge < -0.3 is 9.47 Å². The Labute approximate surface area is 99.3 Å². The third kappa shape index (κ3) is 2.36. The number of carbonyl (C=O) groups excluding carboxylic acids is 1. The second kappa shape index (κ2) is 4.85. The molecule has 0 aliphatic carbocycles. The molecule has 86 valence electrons. The van der Waals surface area contributed by atoms with E-state index in [-0.39, 0.29) is 5.97 Å². The molecular weight excluding hydrogens is 228 g/mol. The molecule has 0 saturated carbocycles. The minimum atomic E-state index is -0.564. The van der Waals surface area contributed by atoms with Gasteiger partial charge in [0.25, 0.3) is 0 Å². The average molecular weight is 241 g/mol. The smallest absolute Gasteiger partial charge is 0.308 e. The van der Waals surface area contributed by atoms with Crippen molar-refractivity contribution in [3.63, 3.8) is 0 Å². The van der Waals surface area contributed by atoms with Gasteiger partial charge in [-0.05, 0) is 24.1 Å². The van der Waals surface area contributed by atoms with Crippen LogP contribution >= 0.6 is 11.6 Å². The topological polar surface area (TPSA) is 35.5 Å². The number of esters is 1. The lowest BCUT2D eigenvalue weighted by molar-refractivity contribution is -0.178. The monoisotopic (exact) mass is 240 g/mol. The summed E-state index contributed by atoms with van der Waals surface area (Å²) in [5, 5.41) is 0.669. The highest BCUT2D eigenvalue weighted by molar-refractivity contribution is 6.30. The average Bonchev–Trinajstić information content (AvgIpc) is 2.61. The van der Waals surface area contributed by atoms with E-state index in [2.05, 4.69) is 0 Å². The van der Waals surface area contributed by atoms with Crippen LogP contribution in [-0.4, -0.2) is 5.97 Å². The maximum Gasteiger partial charge on any atom is 0.308 e. The van der Waals surface area contributed by atoms with E-state index in [1.54, 1.807) is 6.07 Å². The van der Waals surface area contributed by atoms with Crippen molar-refractivity contribution in [1.29, 1.82) is 0 Å². The van der Waals surface area contributed by atoms with Gasteiger partial charge in [-0.15, -0.1) is 0 Å². The molecule has 0 spiro atoms. The van der Waals surface area contributed by atoms with E-state index < -0.39 is 6.29 Å². The zero-order valence-corrected chi connectivity index (χ0v) is 9.79. The van der Waals surface area contributed by atoms with Crippen molar-refractivity contribution in [3.8, 4) is 0 Å². The molecule has 1 aromatic rings. The Hall–Kier alpha value is -1.06. The molecule has 0 saturated heterocycles. The number of benzene rings is 1. The van der Waals surface area contributed by atoms with Crippen LogP contribution in [-0.2, 0) is 20.9 Å². The van der Waals surface area contributed by atoms with Crippen molar-refractivity contribution in [2.45, 2.75) is 32.7 Å². The number of hydrogen-bond acceptors (Lipinski definition) is 3. The Balaban J connectivity index is 2.09. The fraction of sp³-hybridized carbons (Fsp3) is 0.417. The van der Waals surface area contributed by atoms with Gasteiger partial charge >= 0.3 is 5.97 Å². The van der Waals surface area contributed by atoms with Crippen LogP contribution in [0.25, 0.3) is 0 Å². The molecule has 0 aromatic heterocycles. The quantitative estimate of drug-likeness (QED) is 0.761. The Morgan fingerprint density at radius 2 is 2.44 bits per heavy atom. The zero-order chi connectivity index (χ0) is 11.5. The van der Waals surface area contributed by atoms with Crippen molar-refractivity contribution in [1.82, 2.24) is 0 Å². The summed E-state index contributed by atoms with van der Waals surface area (Å²) in [6.07, 6.45) is 0.633. The largest absolute Gasteiger partial charge is 0.431 e. The maximum absolute atomic E-state index is 11.3. The minimum Gasteiger partial charge on any atom is -0.431 e. The number of fused-ring (bicyclic) bond motifs is 1. The van der Waals surface area contributed by atoms with Crippen LogP contribution in [0.5, 0.6) is 0 Å². The molecule has 0 radical (unpaired) electrons. The molecular formula is C12H13ClO3. The van der Waals surface area contributed by atoms with Crippen LogP contribution < -0.4 is 0 Å². The number of carbonyl (C=O) groups is 1. The normalized spacial score (nSPS) is 18.2. The van der Waals surface area contributed by atoms with Gasteiger partial charge in [0.2, 0.25) is 6.29 Å². The number of halogens is 1. The van der Waals surface area contributed by atoms with Gasteiger partial charge in [-0.25, -0.2) is 0 Å². The van der Waals surface area contributed by atoms with E-state index in [4.69, 9.17) is 21.1 Å². The lowest BCUT2D eigenvalue weighted by atomic mass is 10.1. The molecule has 0 bridgehead atoms. The van der Waals surface area contributed by atoms with Crippen LogP contribution in [0.3, 0.4) is 0 Å². The molecule has 3 nitrogen and oxygen atoms in total. The summed E-state index contributed by atoms with van der Waals surface area (Å²) in [4.78, 5) is 11.3. The fourth-order valence-corrected chi connectivity index (χ4v) is 1.86. The standard InChI is InChI=1S/C12H13ClO3/c1-2-3-11(14)16-12-10-5-4-9(13)6-8(10)7-15-12/h4-6,12H,2-3,7H2,1H3. The minimum absolute atomic E-state index is 0.227. The summed E-state index contributed by atoms with van der Waals surface area (Å²) in [5.41, 5.74) is 1.88. The first kappa shape index (κ1) is 11.4. The summed E-state index contributed by atoms with van der Waals surface area (Å²) < 4.78 is 10.6. The van der Waals surface area contributed by atoms with Gasteiger partial charge in [-0.1, -0.05) is 24.6 Å². The fourth-order valence-electron chi connectivity index (χ4n) is 1.66. The van der Waals surface area contributed by atoms with E-state index in [1.807, 2.05) is 19.1 Å². The highest BCUT2D eigenvalue weighted by Gasteiger charge is 2.26. The molecule has 1 heterocycles. The summed E-state index contributed by atoms with van der Waals surface area (Å²) in [6, 6.07) is 5.45. The number of ether oxygens (including phenoxy) is 2. The van der Waals surface area contributed by atoms with Crippen molar-refractivity contribution >= 4 is 17.6 Å². The van der Waals surface area contributed by atoms with Crippen molar-refractivity contribution in [2.24, 2.45) is 0 Å². The molecule has 4 heteroatoms. The highest BCUT2D eigenvalue weighted by atomic mass is 35.5. The molecule has 1 atom stereocenters. The van der Waals surface area contributed by atoms with E-state index in [0.29, 0.717) is 18.1 Å². The van der Waals surface area contributed by atoms with Crippen molar-refractivity contribution < 1.29 is 14.3 Å². The second-order valence-corrected chi connectivity index (χ2v) is 4.16. The Bertz CT molecular complexity index is 403. The van der Waals surface area contributed by atoms with E-state index >= 15 is 0 Å². The van der Waals surface area contributed by atoms with Crippen LogP contribution in [0.15, 0.2) is 18.2 Å². The van der Waals surface area contributed by atoms with Crippen molar-refractivity contribution in [2.75, 3.05) is 0 Å². The van der Waals surface area contributed by atoms with E-state index in [1.165, 1.54) is 0 Å². The summed E-state index contributed by atoms with van der Waals surface area (Å²) in [7, 11) is 0. The lowest BCUT2D eigenvalue weighted by Crippen LogP contribution is -2.09. The van der Waals surface area contributed by atoms with Crippen LogP contribution in [0.1, 0.15) is 37.2 Å². The molecule has 0 amide bonds. The third-order valence-electron chi connectivity index (χ3n) is 2.44. The van der Waals surface area contributed by atoms with Gasteiger partial charge in [0, 0.05) is 17.0 Å². The molecule has 1 aliphatic rings. The predicted molar refractivity (Wildman–Crippen MR) is 60.0 cm³/mol. The summed E-state index contributed by atoms with van der Waals surface area (Å²) in [5.74, 6) is -0.227. The third-order valence-corrected chi connectivity index (χ3v) is 2.68. The molecule has 1 unspecified atom stereocenters. The lowest BCUT2D eigenvalue weighted by Gasteiger charge is -2.12. The van der Waals surface area contributed by atoms with Crippen LogP contribution in [0.2, 0.25) is 5.02 Å². The molecule has 2 rings (SSSR count). The first-order chi connectivity index (χ1) is 7.70. The maximum atomic E-state index is 11.3. The molecule has 1 aliphatic heterocycles. The molecule has 16 heavy (non-hydrogen) atoms.